The van der Waals surface area contributed by atoms with Gasteiger partial charge >= 0.3 is 5.78 Å². The molecule has 28 heavy (non-hydrogen) atoms. The third kappa shape index (κ3) is 20.0. The van der Waals surface area contributed by atoms with Crippen LogP contribution in [0.3, 0.4) is 0 Å². The lowest BCUT2D eigenvalue weighted by Gasteiger charge is -2.17. The van der Waals surface area contributed by atoms with Crippen LogP contribution in [0.1, 0.15) is 142 Å². The van der Waals surface area contributed by atoms with Crippen LogP contribution in [0.4, 0.5) is 0 Å². The van der Waals surface area contributed by atoms with Crippen molar-refractivity contribution in [2.45, 2.75) is 142 Å². The molecule has 0 rings (SSSR count). The molecule has 0 aliphatic heterocycles. The summed E-state index contributed by atoms with van der Waals surface area (Å²) in [7, 11) is 0. The van der Waals surface area contributed by atoms with Gasteiger partial charge in [0.1, 0.15) is 12.7 Å². The maximum Gasteiger partial charge on any atom is 0.303 e. The van der Waals surface area contributed by atoms with E-state index in [0.29, 0.717) is 31.5 Å². The van der Waals surface area contributed by atoms with Crippen molar-refractivity contribution in [3.8, 4) is 0 Å². The molecule has 0 bridgehead atoms. The first kappa shape index (κ1) is 27.2. The highest BCUT2D eigenvalue weighted by atomic mass is 16.1. The molecule has 1 atom stereocenters. The van der Waals surface area contributed by atoms with E-state index in [1.54, 1.807) is 0 Å². The summed E-state index contributed by atoms with van der Waals surface area (Å²) in [4.78, 5) is 23.0. The second-order valence-electron chi connectivity index (χ2n) is 8.80. The number of rotatable bonds is 22. The van der Waals surface area contributed by atoms with Crippen LogP contribution in [0.2, 0.25) is 0 Å². The number of ketones is 2. The van der Waals surface area contributed by atoms with E-state index in [2.05, 4.69) is 20.8 Å². The first-order valence-electron chi connectivity index (χ1n) is 12.5. The van der Waals surface area contributed by atoms with Gasteiger partial charge in [-0.25, -0.2) is 4.79 Å². The smallest absolute Gasteiger partial charge is 0.300 e. The zero-order chi connectivity index (χ0) is 20.9. The van der Waals surface area contributed by atoms with E-state index in [9.17, 15) is 9.59 Å². The van der Waals surface area contributed by atoms with Crippen molar-refractivity contribution in [3.05, 3.63) is 6.92 Å². The summed E-state index contributed by atoms with van der Waals surface area (Å²) in [6.07, 6.45) is 23.7. The Balaban J connectivity index is 4.02. The Morgan fingerprint density at radius 3 is 1.50 bits per heavy atom. The minimum Gasteiger partial charge on any atom is -0.300 e. The van der Waals surface area contributed by atoms with Gasteiger partial charge in [0.15, 0.2) is 0 Å². The Labute approximate surface area is 176 Å². The highest BCUT2D eigenvalue weighted by molar-refractivity contribution is 5.83. The molecule has 0 aromatic rings. The van der Waals surface area contributed by atoms with Crippen LogP contribution in [-0.4, -0.2) is 11.6 Å². The first-order chi connectivity index (χ1) is 13.6. The fourth-order valence-electron chi connectivity index (χ4n) is 4.01. The van der Waals surface area contributed by atoms with Crippen LogP contribution >= 0.6 is 0 Å². The van der Waals surface area contributed by atoms with Crippen LogP contribution in [0.25, 0.3) is 0 Å². The molecule has 0 N–H and O–H groups in total. The lowest BCUT2D eigenvalue weighted by molar-refractivity contribution is -0.119. The Kier molecular flexibility index (Phi) is 20.3. The molecule has 0 heterocycles. The van der Waals surface area contributed by atoms with Crippen LogP contribution < -0.4 is 0 Å². The molecule has 164 valence electrons. The number of carbonyl (C=O) groups is 2. The van der Waals surface area contributed by atoms with Gasteiger partial charge in [0, 0.05) is 12.8 Å². The zero-order valence-corrected chi connectivity index (χ0v) is 19.2. The van der Waals surface area contributed by atoms with Crippen molar-refractivity contribution >= 4 is 11.6 Å². The molecule has 0 saturated carbocycles. The molecular formula is C26H49O2+. The summed E-state index contributed by atoms with van der Waals surface area (Å²) in [5.41, 5.74) is 0. The average molecular weight is 394 g/mol. The summed E-state index contributed by atoms with van der Waals surface area (Å²) in [6, 6.07) is 0. The van der Waals surface area contributed by atoms with Crippen molar-refractivity contribution in [2.75, 3.05) is 0 Å². The van der Waals surface area contributed by atoms with Crippen LogP contribution in [0, 0.1) is 12.8 Å². The number of Topliss-reactive ketones (excluding diaryl/α,β-unsaturated/α-hetero) is 2. The summed E-state index contributed by atoms with van der Waals surface area (Å²) in [6.45, 7) is 7.92. The van der Waals surface area contributed by atoms with Gasteiger partial charge in [0.2, 0.25) is 0 Å². The average Bonchev–Trinajstić information content (AvgIpc) is 2.67. The number of hydrogen-bond acceptors (Lipinski definition) is 2. The molecule has 0 fully saturated rings. The Bertz CT molecular complexity index is 361. The largest absolute Gasteiger partial charge is 0.303 e. The third-order valence-electron chi connectivity index (χ3n) is 5.92. The lowest BCUT2D eigenvalue weighted by Crippen LogP contribution is -2.06. The standard InChI is InChI=1S/C26H49O2/c1-4-6-8-10-12-14-16-20-25(19-15-13-11-9-7-5-2)22-23-26(28)21-17-18-24(3)27/h25H,3-23H2,1-2H3/q+1. The van der Waals surface area contributed by atoms with Crippen LogP contribution in [0.15, 0.2) is 0 Å². The first-order valence-corrected chi connectivity index (χ1v) is 12.5. The van der Waals surface area contributed by atoms with Crippen molar-refractivity contribution in [2.24, 2.45) is 5.92 Å². The predicted octanol–water partition coefficient (Wildman–Crippen LogP) is 8.42. The molecule has 2 nitrogen and oxygen atoms in total. The minimum absolute atomic E-state index is 0.0484. The second kappa shape index (κ2) is 20.9. The Hall–Kier alpha value is -0.790. The SMILES string of the molecule is [CH2+]C(=O)CCCC(=O)CCC(CCCCCCCC)CCCCCCCCC. The molecule has 0 spiro atoms. The topological polar surface area (TPSA) is 34.1 Å². The van der Waals surface area contributed by atoms with Gasteiger partial charge in [0.25, 0.3) is 0 Å². The molecule has 0 amide bonds. The molecule has 0 aromatic carbocycles. The maximum atomic E-state index is 12.1. The molecule has 0 aliphatic rings. The van der Waals surface area contributed by atoms with Gasteiger partial charge in [-0.15, -0.1) is 0 Å². The maximum absolute atomic E-state index is 12.1. The predicted molar refractivity (Wildman–Crippen MR) is 123 cm³/mol. The van der Waals surface area contributed by atoms with E-state index in [0.717, 1.165) is 12.3 Å². The number of unbranched alkanes of at least 4 members (excludes halogenated alkanes) is 11. The van der Waals surface area contributed by atoms with Gasteiger partial charge < -0.3 is 0 Å². The van der Waals surface area contributed by atoms with Crippen LogP contribution in [0.5, 0.6) is 0 Å². The highest BCUT2D eigenvalue weighted by Gasteiger charge is 2.12. The molecule has 0 radical (unpaired) electrons. The second-order valence-corrected chi connectivity index (χ2v) is 8.80. The normalized spacial score (nSPS) is 12.2. The Morgan fingerprint density at radius 1 is 0.571 bits per heavy atom. The van der Waals surface area contributed by atoms with Gasteiger partial charge in [-0.2, -0.15) is 0 Å². The third-order valence-corrected chi connectivity index (χ3v) is 5.92. The molecular weight excluding hydrogens is 344 g/mol. The van der Waals surface area contributed by atoms with Crippen molar-refractivity contribution in [1.82, 2.24) is 0 Å². The molecule has 0 saturated heterocycles. The molecule has 0 aromatic heterocycles. The monoisotopic (exact) mass is 393 g/mol. The van der Waals surface area contributed by atoms with Crippen molar-refractivity contribution < 1.29 is 9.59 Å². The van der Waals surface area contributed by atoms with E-state index in [1.165, 1.54) is 96.3 Å². The van der Waals surface area contributed by atoms with E-state index in [1.807, 2.05) is 0 Å². The lowest BCUT2D eigenvalue weighted by atomic mass is 9.89. The van der Waals surface area contributed by atoms with E-state index >= 15 is 0 Å². The summed E-state index contributed by atoms with van der Waals surface area (Å²) in [5, 5.41) is 0. The van der Waals surface area contributed by atoms with Crippen molar-refractivity contribution in [3.63, 3.8) is 0 Å². The Morgan fingerprint density at radius 2 is 1.04 bits per heavy atom. The van der Waals surface area contributed by atoms with E-state index in [-0.39, 0.29) is 5.78 Å². The van der Waals surface area contributed by atoms with Crippen LogP contribution in [-0.2, 0) is 9.59 Å². The van der Waals surface area contributed by atoms with E-state index < -0.39 is 0 Å². The van der Waals surface area contributed by atoms with Gasteiger partial charge in [-0.1, -0.05) is 110 Å². The fraction of sp³-hybridized carbons (Fsp3) is 0.885. The van der Waals surface area contributed by atoms with Gasteiger partial charge in [0.05, 0.1) is 6.42 Å². The summed E-state index contributed by atoms with van der Waals surface area (Å²) < 4.78 is 0. The van der Waals surface area contributed by atoms with E-state index in [4.69, 9.17) is 0 Å². The fourth-order valence-corrected chi connectivity index (χ4v) is 4.01. The van der Waals surface area contributed by atoms with Gasteiger partial charge in [-0.3, -0.25) is 4.79 Å². The molecule has 2 heteroatoms. The minimum atomic E-state index is -0.0484. The van der Waals surface area contributed by atoms with Crippen molar-refractivity contribution in [1.29, 1.82) is 0 Å². The molecule has 0 aliphatic carbocycles. The quantitative estimate of drug-likeness (QED) is 0.137. The highest BCUT2D eigenvalue weighted by Crippen LogP contribution is 2.24. The number of carbonyl (C=O) groups excluding carboxylic acids is 2. The summed E-state index contributed by atoms with van der Waals surface area (Å²) in [5.74, 6) is 1.02. The number of hydrogen-bond donors (Lipinski definition) is 0. The van der Waals surface area contributed by atoms with Gasteiger partial charge in [-0.05, 0) is 18.8 Å². The summed E-state index contributed by atoms with van der Waals surface area (Å²) >= 11 is 0. The zero-order valence-electron chi connectivity index (χ0n) is 19.2. The molecule has 1 unspecified atom stereocenters.